The van der Waals surface area contributed by atoms with Crippen LogP contribution in [0.15, 0.2) is 120 Å². The molecule has 3 unspecified atom stereocenters. The largest absolute Gasteiger partial charge is 0.507 e. The Bertz CT molecular complexity index is 1970. The van der Waals surface area contributed by atoms with Crippen LogP contribution in [-0.4, -0.2) is 45.1 Å². The molecule has 0 aromatic heterocycles. The average molecular weight is 707 g/mol. The quantitative estimate of drug-likeness (QED) is 0.0549. The molecule has 5 aromatic rings. The molecule has 258 valence electrons. The molecule has 0 fully saturated rings. The van der Waals surface area contributed by atoms with E-state index < -0.39 is 47.9 Å². The number of phenols is 1. The number of carbonyl (C=O) groups is 1. The van der Waals surface area contributed by atoms with Crippen LogP contribution in [0.1, 0.15) is 33.1 Å². The lowest BCUT2D eigenvalue weighted by atomic mass is 9.95. The third-order valence-electron chi connectivity index (χ3n) is 8.02. The van der Waals surface area contributed by atoms with E-state index in [-0.39, 0.29) is 22.8 Å². The van der Waals surface area contributed by atoms with E-state index in [0.29, 0.717) is 33.4 Å². The van der Waals surface area contributed by atoms with Crippen molar-refractivity contribution >= 4 is 23.7 Å². The summed E-state index contributed by atoms with van der Waals surface area (Å²) in [5.74, 6) is -2.83. The van der Waals surface area contributed by atoms with Crippen LogP contribution >= 0.6 is 11.6 Å². The molecule has 5 rings (SSSR count). The van der Waals surface area contributed by atoms with E-state index in [2.05, 4.69) is 10.3 Å². The van der Waals surface area contributed by atoms with Gasteiger partial charge < -0.3 is 20.4 Å². The third-order valence-corrected chi connectivity index (χ3v) is 8.31. The molecule has 3 atom stereocenters. The van der Waals surface area contributed by atoms with Crippen LogP contribution in [0.5, 0.6) is 5.75 Å². The Labute approximate surface area is 289 Å². The summed E-state index contributed by atoms with van der Waals surface area (Å²) in [6, 6.07) is 26.9. The van der Waals surface area contributed by atoms with E-state index in [4.69, 9.17) is 11.6 Å². The number of benzene rings is 5. The lowest BCUT2D eigenvalue weighted by molar-refractivity contribution is -0.137. The van der Waals surface area contributed by atoms with Gasteiger partial charge in [-0.1, -0.05) is 90.5 Å². The minimum Gasteiger partial charge on any atom is -0.507 e. The molecule has 1 amide bonds. The van der Waals surface area contributed by atoms with Crippen LogP contribution in [0, 0.1) is 11.7 Å². The molecule has 5 N–H and O–H groups in total. The molecule has 0 radical (unpaired) electrons. The number of aliphatic hydroxyl groups excluding tert-OH is 2. The van der Waals surface area contributed by atoms with E-state index in [0.717, 1.165) is 12.1 Å². The summed E-state index contributed by atoms with van der Waals surface area (Å²) in [7, 11) is 0. The van der Waals surface area contributed by atoms with Crippen molar-refractivity contribution in [3.63, 3.8) is 0 Å². The van der Waals surface area contributed by atoms with Gasteiger partial charge in [0.05, 0.1) is 22.2 Å². The van der Waals surface area contributed by atoms with Crippen molar-refractivity contribution in [2.24, 2.45) is 10.9 Å². The van der Waals surface area contributed by atoms with Crippen molar-refractivity contribution < 1.29 is 42.8 Å². The number of amides is 1. The van der Waals surface area contributed by atoms with Crippen molar-refractivity contribution in [2.45, 2.75) is 31.2 Å². The highest BCUT2D eigenvalue weighted by Crippen LogP contribution is 2.33. The first-order valence-electron chi connectivity index (χ1n) is 15.3. The molecule has 0 saturated carbocycles. The molecule has 5 aromatic carbocycles. The fourth-order valence-corrected chi connectivity index (χ4v) is 5.52. The zero-order valence-electron chi connectivity index (χ0n) is 26.1. The van der Waals surface area contributed by atoms with E-state index in [1.54, 1.807) is 60.7 Å². The number of nitrogens with one attached hydrogen (secondary N) is 1. The van der Waals surface area contributed by atoms with Crippen LogP contribution in [0.3, 0.4) is 0 Å². The number of halogens is 5. The van der Waals surface area contributed by atoms with E-state index in [9.17, 15) is 42.8 Å². The molecule has 50 heavy (non-hydrogen) atoms. The summed E-state index contributed by atoms with van der Waals surface area (Å²) < 4.78 is 53.5. The summed E-state index contributed by atoms with van der Waals surface area (Å²) in [5, 5.41) is 44.7. The summed E-state index contributed by atoms with van der Waals surface area (Å²) >= 11 is 5.92. The molecular formula is C38H31ClF4N2O5. The number of hydrogen-bond donors (Lipinski definition) is 5. The second-order valence-electron chi connectivity index (χ2n) is 11.5. The van der Waals surface area contributed by atoms with Crippen LogP contribution < -0.4 is 5.32 Å². The van der Waals surface area contributed by atoms with Gasteiger partial charge >= 0.3 is 6.18 Å². The molecule has 0 spiro atoms. The Morgan fingerprint density at radius 3 is 2.10 bits per heavy atom. The second-order valence-corrected chi connectivity index (χ2v) is 11.9. The fourth-order valence-electron chi connectivity index (χ4n) is 5.34. The van der Waals surface area contributed by atoms with Crippen molar-refractivity contribution in [2.75, 3.05) is 0 Å². The zero-order chi connectivity index (χ0) is 36.0. The highest BCUT2D eigenvalue weighted by atomic mass is 35.5. The summed E-state index contributed by atoms with van der Waals surface area (Å²) in [5.41, 5.74) is 1.91. The van der Waals surface area contributed by atoms with Gasteiger partial charge in [-0.3, -0.25) is 10.1 Å². The SMILES string of the molecule is O=C(N=CC(Cc1ccc(-c2cccc(C(F)(F)F)c2)cc1)C(O)NC(c1ccccc1)C(O)O)c1cc(-c2ccc(F)c(Cl)c2)ccc1O. The average Bonchev–Trinajstić information content (AvgIpc) is 3.10. The van der Waals surface area contributed by atoms with Crippen LogP contribution in [0.25, 0.3) is 22.3 Å². The first kappa shape index (κ1) is 36.4. The molecule has 0 heterocycles. The van der Waals surface area contributed by atoms with Crippen molar-refractivity contribution in [1.29, 1.82) is 0 Å². The maximum atomic E-state index is 13.7. The van der Waals surface area contributed by atoms with Gasteiger partial charge in [-0.2, -0.15) is 13.2 Å². The molecule has 7 nitrogen and oxygen atoms in total. The highest BCUT2D eigenvalue weighted by Gasteiger charge is 2.30. The normalized spacial score (nSPS) is 13.8. The third kappa shape index (κ3) is 9.00. The van der Waals surface area contributed by atoms with Crippen molar-refractivity contribution in [3.05, 3.63) is 148 Å². The van der Waals surface area contributed by atoms with Gasteiger partial charge in [-0.25, -0.2) is 9.38 Å². The van der Waals surface area contributed by atoms with Crippen molar-refractivity contribution in [3.8, 4) is 28.0 Å². The lowest BCUT2D eigenvalue weighted by Crippen LogP contribution is -2.44. The Morgan fingerprint density at radius 2 is 1.44 bits per heavy atom. The number of phenolic OH excluding ortho intramolecular Hbond substituents is 1. The summed E-state index contributed by atoms with van der Waals surface area (Å²) in [4.78, 5) is 17.3. The van der Waals surface area contributed by atoms with Gasteiger partial charge in [0.25, 0.3) is 5.91 Å². The molecular weight excluding hydrogens is 676 g/mol. The molecule has 0 aliphatic heterocycles. The van der Waals surface area contributed by atoms with Gasteiger partial charge in [-0.05, 0) is 76.2 Å². The number of hydrogen-bond acceptors (Lipinski definition) is 6. The standard InChI is InChI=1S/C38H31ClF4N2O5/c39-31-20-27(13-15-32(31)40)26-14-16-33(46)30(19-26)36(48)44-21-28(35(47)45-34(37(49)50)24-5-2-1-3-6-24)17-22-9-11-23(12-10-22)25-7-4-8-29(18-25)38(41,42)43/h1-16,18-21,28,34-35,37,45-47,49-50H,17H2. The number of aromatic hydroxyl groups is 1. The first-order chi connectivity index (χ1) is 23.8. The van der Waals surface area contributed by atoms with E-state index in [1.165, 1.54) is 48.7 Å². The first-order valence-corrected chi connectivity index (χ1v) is 15.7. The highest BCUT2D eigenvalue weighted by molar-refractivity contribution is 6.31. The second kappa shape index (κ2) is 15.8. The number of rotatable bonds is 11. The van der Waals surface area contributed by atoms with Gasteiger partial charge in [0.15, 0.2) is 6.29 Å². The number of aliphatic hydroxyl groups is 3. The predicted molar refractivity (Wildman–Crippen MR) is 182 cm³/mol. The van der Waals surface area contributed by atoms with E-state index in [1.807, 2.05) is 0 Å². The van der Waals surface area contributed by atoms with Crippen LogP contribution in [-0.2, 0) is 12.6 Å². The monoisotopic (exact) mass is 706 g/mol. The number of aliphatic imine (C=N–C) groups is 1. The topological polar surface area (TPSA) is 122 Å². The molecule has 0 saturated heterocycles. The zero-order valence-corrected chi connectivity index (χ0v) is 26.9. The van der Waals surface area contributed by atoms with Gasteiger partial charge in [-0.15, -0.1) is 0 Å². The minimum atomic E-state index is -4.50. The number of nitrogens with zero attached hydrogens (tertiary/aromatic N) is 1. The minimum absolute atomic E-state index is 0.0525. The Balaban J connectivity index is 1.43. The Hall–Kier alpha value is -4.91. The molecule has 0 bridgehead atoms. The summed E-state index contributed by atoms with van der Waals surface area (Å²) in [6.07, 6.45) is -6.69. The predicted octanol–water partition coefficient (Wildman–Crippen LogP) is 7.57. The van der Waals surface area contributed by atoms with Gasteiger partial charge in [0.1, 0.15) is 17.8 Å². The Kier molecular flexibility index (Phi) is 11.5. The van der Waals surface area contributed by atoms with Crippen LogP contribution in [0.2, 0.25) is 5.02 Å². The number of alkyl halides is 3. The maximum absolute atomic E-state index is 13.7. The maximum Gasteiger partial charge on any atom is 0.416 e. The molecule has 12 heteroatoms. The molecule has 0 aliphatic rings. The number of carbonyl (C=O) groups excluding carboxylic acids is 1. The van der Waals surface area contributed by atoms with Gasteiger partial charge in [0, 0.05) is 12.1 Å². The lowest BCUT2D eigenvalue weighted by Gasteiger charge is -2.28. The van der Waals surface area contributed by atoms with E-state index >= 15 is 0 Å². The smallest absolute Gasteiger partial charge is 0.416 e. The van der Waals surface area contributed by atoms with Gasteiger partial charge in [0.2, 0.25) is 0 Å². The molecule has 0 aliphatic carbocycles. The summed E-state index contributed by atoms with van der Waals surface area (Å²) in [6.45, 7) is 0. The fraction of sp³-hybridized carbons (Fsp3) is 0.158. The van der Waals surface area contributed by atoms with Crippen LogP contribution in [0.4, 0.5) is 17.6 Å². The Morgan fingerprint density at radius 1 is 0.800 bits per heavy atom. The van der Waals surface area contributed by atoms with Crippen molar-refractivity contribution in [1.82, 2.24) is 5.32 Å².